The van der Waals surface area contributed by atoms with E-state index in [1.165, 1.54) is 0 Å². The van der Waals surface area contributed by atoms with Crippen molar-refractivity contribution in [3.05, 3.63) is 15.1 Å². The van der Waals surface area contributed by atoms with Crippen molar-refractivity contribution >= 4 is 28.4 Å². The van der Waals surface area contributed by atoms with Gasteiger partial charge in [0, 0.05) is 7.11 Å². The predicted octanol–water partition coefficient (Wildman–Crippen LogP) is 3.52. The minimum Gasteiger partial charge on any atom is -0.383 e. The summed E-state index contributed by atoms with van der Waals surface area (Å²) in [4.78, 5) is 9.19. The summed E-state index contributed by atoms with van der Waals surface area (Å²) in [5, 5.41) is 0. The third kappa shape index (κ3) is 3.56. The highest BCUT2D eigenvalue weighted by molar-refractivity contribution is 14.1. The van der Waals surface area contributed by atoms with E-state index in [1.807, 2.05) is 0 Å². The molecule has 2 N–H and O–H groups in total. The average molecular weight is 377 g/mol. The van der Waals surface area contributed by atoms with Crippen LogP contribution < -0.4 is 5.73 Å². The fourth-order valence-corrected chi connectivity index (χ4v) is 2.65. The number of nitrogens with zero attached hydrogens (tertiary/aromatic N) is 2. The highest BCUT2D eigenvalue weighted by Crippen LogP contribution is 2.32. The van der Waals surface area contributed by atoms with Gasteiger partial charge in [0.05, 0.1) is 9.26 Å². The lowest BCUT2D eigenvalue weighted by Crippen LogP contribution is -2.30. The summed E-state index contributed by atoms with van der Waals surface area (Å²) in [6.45, 7) is 8.54. The molecule has 1 rings (SSSR count). The van der Waals surface area contributed by atoms with Crippen molar-refractivity contribution in [2.75, 3.05) is 12.8 Å². The van der Waals surface area contributed by atoms with Crippen molar-refractivity contribution in [1.82, 2.24) is 9.97 Å². The zero-order valence-corrected chi connectivity index (χ0v) is 14.6. The molecule has 1 aromatic rings. The Morgan fingerprint density at radius 2 is 1.84 bits per heavy atom. The maximum absolute atomic E-state index is 6.04. The zero-order chi connectivity index (χ0) is 14.6. The molecule has 0 saturated heterocycles. The van der Waals surface area contributed by atoms with E-state index in [0.29, 0.717) is 17.6 Å². The van der Waals surface area contributed by atoms with E-state index in [-0.39, 0.29) is 0 Å². The van der Waals surface area contributed by atoms with E-state index in [1.54, 1.807) is 7.11 Å². The summed E-state index contributed by atoms with van der Waals surface area (Å²) >= 11 is 2.23. The molecule has 0 spiro atoms. The molecule has 4 nitrogen and oxygen atoms in total. The van der Waals surface area contributed by atoms with Crippen LogP contribution in [0.3, 0.4) is 0 Å². The second-order valence-electron chi connectivity index (χ2n) is 5.20. The van der Waals surface area contributed by atoms with Crippen LogP contribution in [0.15, 0.2) is 0 Å². The molecule has 5 heteroatoms. The van der Waals surface area contributed by atoms with Gasteiger partial charge in [-0.05, 0) is 47.8 Å². The number of ether oxygens (including phenoxy) is 1. The van der Waals surface area contributed by atoms with E-state index in [9.17, 15) is 0 Å². The first-order chi connectivity index (χ1) is 8.90. The molecule has 0 aliphatic heterocycles. The molecular formula is C14H24IN3O. The Kier molecular flexibility index (Phi) is 5.98. The summed E-state index contributed by atoms with van der Waals surface area (Å²) in [5.41, 5.74) is 6.65. The van der Waals surface area contributed by atoms with Gasteiger partial charge in [-0.15, -0.1) is 0 Å². The van der Waals surface area contributed by atoms with E-state index < -0.39 is 5.60 Å². The smallest absolute Gasteiger partial charge is 0.162 e. The van der Waals surface area contributed by atoms with Gasteiger partial charge in [0.25, 0.3) is 0 Å². The molecule has 0 saturated carbocycles. The van der Waals surface area contributed by atoms with Crippen LogP contribution in [-0.4, -0.2) is 17.1 Å². The molecule has 0 fully saturated rings. The number of aromatic nitrogens is 2. The maximum atomic E-state index is 6.04. The molecular weight excluding hydrogens is 353 g/mol. The van der Waals surface area contributed by atoms with Gasteiger partial charge in [-0.1, -0.05) is 27.7 Å². The first-order valence-electron chi connectivity index (χ1n) is 6.77. The normalized spacial score (nSPS) is 12.2. The van der Waals surface area contributed by atoms with E-state index in [4.69, 9.17) is 15.5 Å². The highest BCUT2D eigenvalue weighted by atomic mass is 127. The lowest BCUT2D eigenvalue weighted by molar-refractivity contribution is -0.0292. The van der Waals surface area contributed by atoms with E-state index in [2.05, 4.69) is 55.3 Å². The van der Waals surface area contributed by atoms with Crippen molar-refractivity contribution in [3.8, 4) is 0 Å². The lowest BCUT2D eigenvalue weighted by atomic mass is 9.95. The summed E-state index contributed by atoms with van der Waals surface area (Å²) in [5.74, 6) is 1.81. The second kappa shape index (κ2) is 6.83. The average Bonchev–Trinajstić information content (AvgIpc) is 2.37. The van der Waals surface area contributed by atoms with Crippen LogP contribution in [0.25, 0.3) is 0 Å². The summed E-state index contributed by atoms with van der Waals surface area (Å²) in [6, 6.07) is 0. The SMILES string of the molecule is CCC(CC)(OC)c1nc(N)c(I)c(CC(C)C)n1. The van der Waals surface area contributed by atoms with Gasteiger partial charge in [-0.3, -0.25) is 0 Å². The second-order valence-corrected chi connectivity index (χ2v) is 6.28. The topological polar surface area (TPSA) is 61.0 Å². The third-order valence-corrected chi connectivity index (χ3v) is 4.66. The number of hydrogen-bond acceptors (Lipinski definition) is 4. The Morgan fingerprint density at radius 1 is 1.26 bits per heavy atom. The number of methoxy groups -OCH3 is 1. The predicted molar refractivity (Wildman–Crippen MR) is 87.0 cm³/mol. The zero-order valence-electron chi connectivity index (χ0n) is 12.5. The Morgan fingerprint density at radius 3 is 2.26 bits per heavy atom. The van der Waals surface area contributed by atoms with Crippen molar-refractivity contribution in [2.45, 2.75) is 52.6 Å². The van der Waals surface area contributed by atoms with E-state index >= 15 is 0 Å². The monoisotopic (exact) mass is 377 g/mol. The molecule has 0 aliphatic rings. The number of rotatable bonds is 6. The number of anilines is 1. The minimum atomic E-state index is -0.426. The van der Waals surface area contributed by atoms with Gasteiger partial charge in [-0.25, -0.2) is 9.97 Å². The standard InChI is InChI=1S/C14H24IN3O/c1-6-14(7-2,19-5)13-17-10(8-9(3)4)11(15)12(16)18-13/h9H,6-8H2,1-5H3,(H2,16,17,18). The molecule has 108 valence electrons. The van der Waals surface area contributed by atoms with E-state index in [0.717, 1.165) is 28.5 Å². The molecule has 0 unspecified atom stereocenters. The Labute approximate surface area is 129 Å². The number of hydrogen-bond donors (Lipinski definition) is 1. The molecule has 0 aromatic carbocycles. The molecule has 19 heavy (non-hydrogen) atoms. The fraction of sp³-hybridized carbons (Fsp3) is 0.714. The summed E-state index contributed by atoms with van der Waals surface area (Å²) in [6.07, 6.45) is 2.58. The summed E-state index contributed by atoms with van der Waals surface area (Å²) in [7, 11) is 1.71. The van der Waals surface area contributed by atoms with Crippen LogP contribution in [0.4, 0.5) is 5.82 Å². The Bertz CT molecular complexity index is 423. The minimum absolute atomic E-state index is 0.426. The highest BCUT2D eigenvalue weighted by Gasteiger charge is 2.32. The van der Waals surface area contributed by atoms with Crippen molar-refractivity contribution in [2.24, 2.45) is 5.92 Å². The van der Waals surface area contributed by atoms with Gasteiger partial charge >= 0.3 is 0 Å². The van der Waals surface area contributed by atoms with Crippen LogP contribution in [0.2, 0.25) is 0 Å². The Hall–Kier alpha value is -0.430. The van der Waals surface area contributed by atoms with Crippen LogP contribution in [0, 0.1) is 9.49 Å². The van der Waals surface area contributed by atoms with Gasteiger partial charge in [-0.2, -0.15) is 0 Å². The van der Waals surface area contributed by atoms with Crippen LogP contribution in [-0.2, 0) is 16.8 Å². The largest absolute Gasteiger partial charge is 0.383 e. The van der Waals surface area contributed by atoms with Crippen molar-refractivity contribution < 1.29 is 4.74 Å². The molecule has 1 heterocycles. The van der Waals surface area contributed by atoms with Gasteiger partial charge < -0.3 is 10.5 Å². The third-order valence-electron chi connectivity index (χ3n) is 3.49. The quantitative estimate of drug-likeness (QED) is 0.771. The molecule has 0 atom stereocenters. The number of nitrogen functional groups attached to an aromatic ring is 1. The molecule has 1 aromatic heterocycles. The van der Waals surface area contributed by atoms with Crippen LogP contribution in [0.5, 0.6) is 0 Å². The maximum Gasteiger partial charge on any atom is 0.162 e. The molecule has 0 amide bonds. The molecule has 0 aliphatic carbocycles. The first-order valence-corrected chi connectivity index (χ1v) is 7.85. The fourth-order valence-electron chi connectivity index (χ4n) is 2.18. The number of halogens is 1. The van der Waals surface area contributed by atoms with Gasteiger partial charge in [0.2, 0.25) is 0 Å². The van der Waals surface area contributed by atoms with Crippen molar-refractivity contribution in [3.63, 3.8) is 0 Å². The molecule has 0 bridgehead atoms. The lowest BCUT2D eigenvalue weighted by Gasteiger charge is -2.29. The molecule has 0 radical (unpaired) electrons. The van der Waals surface area contributed by atoms with Crippen LogP contribution in [0.1, 0.15) is 52.1 Å². The van der Waals surface area contributed by atoms with Gasteiger partial charge in [0.1, 0.15) is 11.4 Å². The Balaban J connectivity index is 3.33. The van der Waals surface area contributed by atoms with Crippen molar-refractivity contribution in [1.29, 1.82) is 0 Å². The first kappa shape index (κ1) is 16.6. The summed E-state index contributed by atoms with van der Waals surface area (Å²) < 4.78 is 6.66. The van der Waals surface area contributed by atoms with Crippen LogP contribution >= 0.6 is 22.6 Å². The van der Waals surface area contributed by atoms with Gasteiger partial charge in [0.15, 0.2) is 5.82 Å². The number of nitrogens with two attached hydrogens (primary N) is 1.